The number of hydrogen-bond acceptors (Lipinski definition) is 3. The van der Waals surface area contributed by atoms with Crippen molar-refractivity contribution >= 4 is 5.69 Å². The normalized spacial score (nSPS) is 15.7. The Labute approximate surface area is 120 Å². The lowest BCUT2D eigenvalue weighted by molar-refractivity contribution is 0.414. The van der Waals surface area contributed by atoms with Crippen molar-refractivity contribution in [1.82, 2.24) is 4.98 Å². The van der Waals surface area contributed by atoms with Crippen LogP contribution in [0.3, 0.4) is 0 Å². The summed E-state index contributed by atoms with van der Waals surface area (Å²) >= 11 is 0. The van der Waals surface area contributed by atoms with Crippen LogP contribution >= 0.6 is 0 Å². The Hall–Kier alpha value is -2.03. The quantitative estimate of drug-likeness (QED) is 0.891. The lowest BCUT2D eigenvalue weighted by atomic mass is 10.0. The molecule has 1 aromatic heterocycles. The van der Waals surface area contributed by atoms with Crippen molar-refractivity contribution in [2.24, 2.45) is 5.92 Å². The van der Waals surface area contributed by atoms with Gasteiger partial charge in [0.2, 0.25) is 0 Å². The van der Waals surface area contributed by atoms with E-state index in [9.17, 15) is 0 Å². The summed E-state index contributed by atoms with van der Waals surface area (Å²) in [5, 5.41) is 3.66. The molecule has 1 fully saturated rings. The summed E-state index contributed by atoms with van der Waals surface area (Å²) in [4.78, 5) is 4.22. The van der Waals surface area contributed by atoms with Crippen molar-refractivity contribution in [3.63, 3.8) is 0 Å². The van der Waals surface area contributed by atoms with Crippen LogP contribution in [0.2, 0.25) is 0 Å². The second-order valence-electron chi connectivity index (χ2n) is 5.42. The minimum absolute atomic E-state index is 0.365. The summed E-state index contributed by atoms with van der Waals surface area (Å²) in [7, 11) is 1.70. The minimum Gasteiger partial charge on any atom is -0.497 e. The van der Waals surface area contributed by atoms with Crippen LogP contribution in [0.15, 0.2) is 42.7 Å². The van der Waals surface area contributed by atoms with Gasteiger partial charge in [0.05, 0.1) is 25.0 Å². The minimum atomic E-state index is 0.365. The van der Waals surface area contributed by atoms with Gasteiger partial charge in [0.1, 0.15) is 5.75 Å². The van der Waals surface area contributed by atoms with Crippen LogP contribution in [0.1, 0.15) is 30.0 Å². The predicted octanol–water partition coefficient (Wildman–Crippen LogP) is 3.96. The molecule has 3 rings (SSSR count). The third-order valence-electron chi connectivity index (χ3n) is 3.92. The Bertz CT molecular complexity index is 576. The van der Waals surface area contributed by atoms with Gasteiger partial charge < -0.3 is 10.1 Å². The summed E-state index contributed by atoms with van der Waals surface area (Å²) in [6.45, 7) is 2.11. The van der Waals surface area contributed by atoms with Crippen LogP contribution in [0, 0.1) is 12.8 Å². The molecule has 104 valence electrons. The first-order valence-corrected chi connectivity index (χ1v) is 7.09. The summed E-state index contributed by atoms with van der Waals surface area (Å²) in [5.41, 5.74) is 3.68. The molecule has 3 heteroatoms. The number of nitrogens with zero attached hydrogens (tertiary/aromatic N) is 1. The molecule has 2 aromatic rings. The van der Waals surface area contributed by atoms with E-state index in [1.54, 1.807) is 7.11 Å². The first-order chi connectivity index (χ1) is 9.78. The van der Waals surface area contributed by atoms with Gasteiger partial charge in [-0.15, -0.1) is 0 Å². The average molecular weight is 268 g/mol. The molecule has 0 bridgehead atoms. The highest BCUT2D eigenvalue weighted by atomic mass is 16.5. The maximum absolute atomic E-state index is 5.23. The van der Waals surface area contributed by atoms with Gasteiger partial charge >= 0.3 is 0 Å². The number of aryl methyl sites for hydroxylation is 1. The van der Waals surface area contributed by atoms with E-state index < -0.39 is 0 Å². The van der Waals surface area contributed by atoms with Gasteiger partial charge in [-0.2, -0.15) is 0 Å². The van der Waals surface area contributed by atoms with Gasteiger partial charge in [-0.25, -0.2) is 0 Å². The fourth-order valence-corrected chi connectivity index (χ4v) is 2.50. The highest BCUT2D eigenvalue weighted by Gasteiger charge is 2.32. The van der Waals surface area contributed by atoms with E-state index in [-0.39, 0.29) is 0 Å². The molecule has 0 amide bonds. The van der Waals surface area contributed by atoms with E-state index in [1.165, 1.54) is 24.0 Å². The van der Waals surface area contributed by atoms with Crippen LogP contribution < -0.4 is 10.1 Å². The number of rotatable bonds is 5. The zero-order valence-corrected chi connectivity index (χ0v) is 12.0. The molecule has 3 nitrogen and oxygen atoms in total. The molecule has 1 unspecified atom stereocenters. The largest absolute Gasteiger partial charge is 0.497 e. The Balaban J connectivity index is 1.83. The molecule has 1 aromatic carbocycles. The Morgan fingerprint density at radius 2 is 1.95 bits per heavy atom. The number of pyridine rings is 1. The maximum Gasteiger partial charge on any atom is 0.118 e. The van der Waals surface area contributed by atoms with Gasteiger partial charge in [-0.05, 0) is 55.0 Å². The third kappa shape index (κ3) is 2.77. The molecule has 20 heavy (non-hydrogen) atoms. The lowest BCUT2D eigenvalue weighted by Gasteiger charge is -2.21. The molecule has 0 aliphatic heterocycles. The summed E-state index contributed by atoms with van der Waals surface area (Å²) in [6.07, 6.45) is 6.33. The first kappa shape index (κ1) is 13.0. The molecule has 0 spiro atoms. The number of methoxy groups -OCH3 is 1. The first-order valence-electron chi connectivity index (χ1n) is 7.09. The monoisotopic (exact) mass is 268 g/mol. The highest BCUT2D eigenvalue weighted by Crippen LogP contribution is 2.43. The number of ether oxygens (including phenoxy) is 1. The SMILES string of the molecule is COc1ccc(C(Nc2cnccc2C)C2CC2)cc1. The van der Waals surface area contributed by atoms with Gasteiger partial charge in [-0.3, -0.25) is 4.98 Å². The van der Waals surface area contributed by atoms with Crippen LogP contribution in [-0.4, -0.2) is 12.1 Å². The number of nitrogens with one attached hydrogen (secondary N) is 1. The van der Waals surface area contributed by atoms with Gasteiger partial charge in [0, 0.05) is 6.20 Å². The zero-order chi connectivity index (χ0) is 13.9. The third-order valence-corrected chi connectivity index (χ3v) is 3.92. The molecular formula is C17H20N2O. The summed E-state index contributed by atoms with van der Waals surface area (Å²) < 4.78 is 5.23. The molecule has 1 aliphatic rings. The highest BCUT2D eigenvalue weighted by molar-refractivity contribution is 5.50. The fourth-order valence-electron chi connectivity index (χ4n) is 2.50. The van der Waals surface area contributed by atoms with Gasteiger partial charge in [-0.1, -0.05) is 12.1 Å². The average Bonchev–Trinajstić information content (AvgIpc) is 3.31. The van der Waals surface area contributed by atoms with E-state index in [4.69, 9.17) is 4.74 Å². The predicted molar refractivity (Wildman–Crippen MR) is 81.1 cm³/mol. The number of benzene rings is 1. The molecule has 1 saturated carbocycles. The Morgan fingerprint density at radius 3 is 2.55 bits per heavy atom. The number of anilines is 1. The zero-order valence-electron chi connectivity index (χ0n) is 12.0. The molecule has 1 atom stereocenters. The molecule has 1 aliphatic carbocycles. The lowest BCUT2D eigenvalue weighted by Crippen LogP contribution is -2.13. The van der Waals surface area contributed by atoms with E-state index >= 15 is 0 Å². The van der Waals surface area contributed by atoms with Gasteiger partial charge in [0.15, 0.2) is 0 Å². The van der Waals surface area contributed by atoms with Crippen molar-refractivity contribution in [3.8, 4) is 5.75 Å². The molecule has 0 radical (unpaired) electrons. The van der Waals surface area contributed by atoms with Gasteiger partial charge in [0.25, 0.3) is 0 Å². The summed E-state index contributed by atoms with van der Waals surface area (Å²) in [6, 6.07) is 10.8. The second-order valence-corrected chi connectivity index (χ2v) is 5.42. The van der Waals surface area contributed by atoms with E-state index in [0.717, 1.165) is 17.4 Å². The number of hydrogen-bond donors (Lipinski definition) is 1. The standard InChI is InChI=1S/C17H20N2O/c1-12-9-10-18-11-16(12)19-17(13-3-4-13)14-5-7-15(20-2)8-6-14/h5-11,13,17,19H,3-4H2,1-2H3. The smallest absolute Gasteiger partial charge is 0.118 e. The molecule has 1 N–H and O–H groups in total. The number of aromatic nitrogens is 1. The van der Waals surface area contributed by atoms with E-state index in [1.807, 2.05) is 30.6 Å². The van der Waals surface area contributed by atoms with Crippen molar-refractivity contribution in [2.45, 2.75) is 25.8 Å². The second kappa shape index (κ2) is 5.53. The van der Waals surface area contributed by atoms with Crippen LogP contribution in [0.4, 0.5) is 5.69 Å². The van der Waals surface area contributed by atoms with E-state index in [2.05, 4.69) is 29.4 Å². The Morgan fingerprint density at radius 1 is 1.20 bits per heavy atom. The van der Waals surface area contributed by atoms with E-state index in [0.29, 0.717) is 6.04 Å². The topological polar surface area (TPSA) is 34.1 Å². The van der Waals surface area contributed by atoms with Crippen LogP contribution in [-0.2, 0) is 0 Å². The van der Waals surface area contributed by atoms with Crippen molar-refractivity contribution in [2.75, 3.05) is 12.4 Å². The van der Waals surface area contributed by atoms with Crippen LogP contribution in [0.5, 0.6) is 5.75 Å². The summed E-state index contributed by atoms with van der Waals surface area (Å²) in [5.74, 6) is 1.63. The molecule has 0 saturated heterocycles. The fraction of sp³-hybridized carbons (Fsp3) is 0.353. The van der Waals surface area contributed by atoms with Crippen molar-refractivity contribution in [3.05, 3.63) is 53.9 Å². The van der Waals surface area contributed by atoms with Crippen LogP contribution in [0.25, 0.3) is 0 Å². The maximum atomic E-state index is 5.23. The Kier molecular flexibility index (Phi) is 3.59. The molecule has 1 heterocycles. The van der Waals surface area contributed by atoms with Crippen molar-refractivity contribution < 1.29 is 4.74 Å². The van der Waals surface area contributed by atoms with Crippen molar-refractivity contribution in [1.29, 1.82) is 0 Å². The molecular weight excluding hydrogens is 248 g/mol.